The highest BCUT2D eigenvalue weighted by molar-refractivity contribution is 7.22. The highest BCUT2D eigenvalue weighted by Crippen LogP contribution is 2.37. The summed E-state index contributed by atoms with van der Waals surface area (Å²) in [5.41, 5.74) is 0.509. The monoisotopic (exact) mass is 314 g/mol. The van der Waals surface area contributed by atoms with E-state index in [0.29, 0.717) is 21.0 Å². The summed E-state index contributed by atoms with van der Waals surface area (Å²) in [7, 11) is 1.53. The van der Waals surface area contributed by atoms with Crippen LogP contribution in [0.25, 0.3) is 10.2 Å². The number of methoxy groups -OCH3 is 1. The molecule has 1 heterocycles. The molecule has 0 unspecified atom stereocenters. The number of thiazole rings is 1. The standard InChI is InChI=1S/C12H11ClN2O4S/c1-3-19-11(17)10(16)15-12-14-8-6(13)4-5-7(18-2)9(8)20-12/h4-5H,3H2,1-2H3,(H,14,15,16). The molecule has 1 N–H and O–H groups in total. The van der Waals surface area contributed by atoms with Gasteiger partial charge in [-0.1, -0.05) is 22.9 Å². The maximum Gasteiger partial charge on any atom is 0.397 e. The lowest BCUT2D eigenvalue weighted by molar-refractivity contribution is -0.152. The predicted molar refractivity (Wildman–Crippen MR) is 76.4 cm³/mol. The van der Waals surface area contributed by atoms with Gasteiger partial charge in [0.05, 0.1) is 23.4 Å². The highest BCUT2D eigenvalue weighted by Gasteiger charge is 2.18. The molecule has 0 fully saturated rings. The molecule has 6 nitrogen and oxygen atoms in total. The molecule has 0 bridgehead atoms. The van der Waals surface area contributed by atoms with E-state index >= 15 is 0 Å². The fourth-order valence-corrected chi connectivity index (χ4v) is 2.75. The summed E-state index contributed by atoms with van der Waals surface area (Å²) in [6.07, 6.45) is 0. The van der Waals surface area contributed by atoms with Gasteiger partial charge in [-0.3, -0.25) is 10.1 Å². The van der Waals surface area contributed by atoms with Gasteiger partial charge in [-0.25, -0.2) is 9.78 Å². The highest BCUT2D eigenvalue weighted by atomic mass is 35.5. The van der Waals surface area contributed by atoms with Crippen LogP contribution < -0.4 is 10.1 Å². The number of carbonyl (C=O) groups is 2. The van der Waals surface area contributed by atoms with Gasteiger partial charge in [0.15, 0.2) is 5.13 Å². The van der Waals surface area contributed by atoms with Crippen LogP contribution in [0.2, 0.25) is 5.02 Å². The molecule has 2 aromatic rings. The van der Waals surface area contributed by atoms with Crippen LogP contribution in [0.15, 0.2) is 12.1 Å². The molecule has 0 aliphatic carbocycles. The van der Waals surface area contributed by atoms with E-state index < -0.39 is 11.9 Å². The zero-order chi connectivity index (χ0) is 14.7. The Hall–Kier alpha value is -1.86. The Morgan fingerprint density at radius 2 is 2.20 bits per heavy atom. The molecule has 2 rings (SSSR count). The number of rotatable bonds is 3. The number of fused-ring (bicyclic) bond motifs is 1. The van der Waals surface area contributed by atoms with E-state index in [4.69, 9.17) is 16.3 Å². The minimum absolute atomic E-state index is 0.131. The van der Waals surface area contributed by atoms with E-state index in [-0.39, 0.29) is 11.7 Å². The molecule has 0 saturated carbocycles. The molecule has 1 aromatic carbocycles. The Balaban J connectivity index is 2.30. The molecular formula is C12H11ClN2O4S. The van der Waals surface area contributed by atoms with Gasteiger partial charge < -0.3 is 9.47 Å². The molecule has 20 heavy (non-hydrogen) atoms. The fraction of sp³-hybridized carbons (Fsp3) is 0.250. The second kappa shape index (κ2) is 6.06. The van der Waals surface area contributed by atoms with Crippen molar-refractivity contribution in [1.29, 1.82) is 0 Å². The van der Waals surface area contributed by atoms with E-state index in [0.717, 1.165) is 0 Å². The van der Waals surface area contributed by atoms with Crippen molar-refractivity contribution in [2.75, 3.05) is 19.0 Å². The van der Waals surface area contributed by atoms with Gasteiger partial charge in [0, 0.05) is 0 Å². The molecule has 0 aliphatic rings. The minimum atomic E-state index is -0.954. The topological polar surface area (TPSA) is 77.5 Å². The first-order valence-corrected chi connectivity index (χ1v) is 6.87. The lowest BCUT2D eigenvalue weighted by atomic mass is 10.3. The lowest BCUT2D eigenvalue weighted by Gasteiger charge is -2.00. The molecule has 0 radical (unpaired) electrons. The average Bonchev–Trinajstić information content (AvgIpc) is 2.84. The summed E-state index contributed by atoms with van der Waals surface area (Å²) in [5.74, 6) is -1.23. The summed E-state index contributed by atoms with van der Waals surface area (Å²) in [6, 6.07) is 3.36. The zero-order valence-electron chi connectivity index (χ0n) is 10.7. The van der Waals surface area contributed by atoms with Crippen LogP contribution >= 0.6 is 22.9 Å². The van der Waals surface area contributed by atoms with E-state index in [1.807, 2.05) is 0 Å². The number of hydrogen-bond acceptors (Lipinski definition) is 6. The number of anilines is 1. The number of nitrogens with one attached hydrogen (secondary N) is 1. The van der Waals surface area contributed by atoms with Crippen molar-refractivity contribution in [1.82, 2.24) is 4.98 Å². The smallest absolute Gasteiger partial charge is 0.397 e. The summed E-state index contributed by atoms with van der Waals surface area (Å²) in [4.78, 5) is 27.0. The maximum atomic E-state index is 11.5. The largest absolute Gasteiger partial charge is 0.495 e. The molecule has 0 aliphatic heterocycles. The van der Waals surface area contributed by atoms with E-state index in [1.54, 1.807) is 19.1 Å². The van der Waals surface area contributed by atoms with Gasteiger partial charge in [0.25, 0.3) is 0 Å². The Kier molecular flexibility index (Phi) is 4.41. The third-order valence-corrected chi connectivity index (χ3v) is 3.65. The molecule has 8 heteroatoms. The number of carbonyl (C=O) groups excluding carboxylic acids is 2. The summed E-state index contributed by atoms with van der Waals surface area (Å²) >= 11 is 7.20. The first-order valence-electron chi connectivity index (χ1n) is 5.68. The van der Waals surface area contributed by atoms with E-state index in [2.05, 4.69) is 15.0 Å². The van der Waals surface area contributed by atoms with Gasteiger partial charge in [-0.15, -0.1) is 0 Å². The fourth-order valence-electron chi connectivity index (χ4n) is 1.51. The van der Waals surface area contributed by atoms with Crippen LogP contribution in [0.4, 0.5) is 5.13 Å². The van der Waals surface area contributed by atoms with E-state index in [9.17, 15) is 9.59 Å². The lowest BCUT2D eigenvalue weighted by Crippen LogP contribution is -2.24. The van der Waals surface area contributed by atoms with Crippen LogP contribution in [0.1, 0.15) is 6.92 Å². The van der Waals surface area contributed by atoms with Crippen LogP contribution in [0.3, 0.4) is 0 Å². The van der Waals surface area contributed by atoms with Gasteiger partial charge in [-0.2, -0.15) is 0 Å². The molecule has 0 atom stereocenters. The molecule has 1 amide bonds. The summed E-state index contributed by atoms with van der Waals surface area (Å²) < 4.78 is 10.5. The van der Waals surface area contributed by atoms with Gasteiger partial charge in [0.2, 0.25) is 0 Å². The predicted octanol–water partition coefficient (Wildman–Crippen LogP) is 2.46. The zero-order valence-corrected chi connectivity index (χ0v) is 12.3. The molecule has 0 spiro atoms. The second-order valence-corrected chi connectivity index (χ2v) is 5.03. The number of hydrogen-bond donors (Lipinski definition) is 1. The summed E-state index contributed by atoms with van der Waals surface area (Å²) in [6.45, 7) is 1.75. The van der Waals surface area contributed by atoms with Gasteiger partial charge in [-0.05, 0) is 19.1 Å². The van der Waals surface area contributed by atoms with Crippen LogP contribution in [0, 0.1) is 0 Å². The van der Waals surface area contributed by atoms with Crippen LogP contribution in [-0.4, -0.2) is 30.6 Å². The quantitative estimate of drug-likeness (QED) is 0.695. The number of halogens is 1. The Bertz CT molecular complexity index is 671. The van der Waals surface area contributed by atoms with Crippen LogP contribution in [0.5, 0.6) is 5.75 Å². The normalized spacial score (nSPS) is 10.3. The number of amides is 1. The van der Waals surface area contributed by atoms with Crippen molar-refractivity contribution in [3.8, 4) is 5.75 Å². The molecule has 1 aromatic heterocycles. The Morgan fingerprint density at radius 1 is 1.45 bits per heavy atom. The molecular weight excluding hydrogens is 304 g/mol. The third-order valence-electron chi connectivity index (χ3n) is 2.36. The van der Waals surface area contributed by atoms with Crippen molar-refractivity contribution in [2.24, 2.45) is 0 Å². The van der Waals surface area contributed by atoms with Crippen LogP contribution in [-0.2, 0) is 14.3 Å². The SMILES string of the molecule is CCOC(=O)C(=O)Nc1nc2c(Cl)ccc(OC)c2s1. The van der Waals surface area contributed by atoms with E-state index in [1.165, 1.54) is 18.4 Å². The average molecular weight is 315 g/mol. The van der Waals surface area contributed by atoms with Gasteiger partial charge >= 0.3 is 11.9 Å². The minimum Gasteiger partial charge on any atom is -0.495 e. The Labute approximate surface area is 123 Å². The van der Waals surface area contributed by atoms with Crippen molar-refractivity contribution in [3.05, 3.63) is 17.2 Å². The second-order valence-electron chi connectivity index (χ2n) is 3.62. The van der Waals surface area contributed by atoms with Crippen molar-refractivity contribution in [3.63, 3.8) is 0 Å². The third kappa shape index (κ3) is 2.83. The number of ether oxygens (including phenoxy) is 2. The van der Waals surface area contributed by atoms with Crippen molar-refractivity contribution >= 4 is 50.2 Å². The summed E-state index contributed by atoms with van der Waals surface area (Å²) in [5, 5.41) is 3.07. The van der Waals surface area contributed by atoms with Crippen molar-refractivity contribution < 1.29 is 19.1 Å². The first kappa shape index (κ1) is 14.5. The maximum absolute atomic E-state index is 11.5. The van der Waals surface area contributed by atoms with Gasteiger partial charge in [0.1, 0.15) is 11.3 Å². The van der Waals surface area contributed by atoms with Crippen molar-refractivity contribution in [2.45, 2.75) is 6.92 Å². The number of esters is 1. The number of aromatic nitrogens is 1. The number of benzene rings is 1. The first-order chi connectivity index (χ1) is 9.56. The number of nitrogens with zero attached hydrogens (tertiary/aromatic N) is 1. The Morgan fingerprint density at radius 3 is 2.85 bits per heavy atom. The molecule has 106 valence electrons. The molecule has 0 saturated heterocycles.